The van der Waals surface area contributed by atoms with Crippen LogP contribution in [-0.4, -0.2) is 14.5 Å². The molecule has 0 bridgehead atoms. The van der Waals surface area contributed by atoms with Crippen molar-refractivity contribution in [2.24, 2.45) is 0 Å². The van der Waals surface area contributed by atoms with Gasteiger partial charge in [-0.25, -0.2) is 4.98 Å². The van der Waals surface area contributed by atoms with Gasteiger partial charge in [-0.3, -0.25) is 19.5 Å². The Morgan fingerprint density at radius 3 is 2.66 bits per heavy atom. The van der Waals surface area contributed by atoms with E-state index in [1.54, 1.807) is 28.0 Å². The van der Waals surface area contributed by atoms with Crippen molar-refractivity contribution in [3.8, 4) is 5.69 Å². The molecule has 0 saturated heterocycles. The summed E-state index contributed by atoms with van der Waals surface area (Å²) in [6.45, 7) is 6.12. The van der Waals surface area contributed by atoms with E-state index in [0.29, 0.717) is 16.3 Å². The number of benzene rings is 2. The molecular weight excluding hydrogens is 442 g/mol. The molecule has 0 aliphatic heterocycles. The summed E-state index contributed by atoms with van der Waals surface area (Å²) in [5.74, 6) is 0.470. The zero-order chi connectivity index (χ0) is 22.8. The van der Waals surface area contributed by atoms with Crippen molar-refractivity contribution in [3.05, 3.63) is 90.6 Å². The molecule has 2 heterocycles. The SMILES string of the molecule is CCCc1sc2nc(SCc3cccc([N+](=O)[O-])c3)n(-c3cccc(C)c3)c(=O)c2c1C. The maximum absolute atomic E-state index is 13.7. The third-order valence-corrected chi connectivity index (χ3v) is 7.51. The fraction of sp³-hybridized carbons (Fsp3) is 0.250. The fourth-order valence-electron chi connectivity index (χ4n) is 3.68. The molecule has 8 heteroatoms. The molecule has 0 unspecified atom stereocenters. The average molecular weight is 466 g/mol. The Balaban J connectivity index is 1.84. The van der Waals surface area contributed by atoms with Gasteiger partial charge in [-0.2, -0.15) is 0 Å². The highest BCUT2D eigenvalue weighted by Crippen LogP contribution is 2.32. The molecule has 6 nitrogen and oxygen atoms in total. The first-order valence-electron chi connectivity index (χ1n) is 10.4. The maximum Gasteiger partial charge on any atom is 0.269 e. The zero-order valence-electron chi connectivity index (χ0n) is 18.1. The molecule has 0 saturated carbocycles. The van der Waals surface area contributed by atoms with Crippen LogP contribution < -0.4 is 5.56 Å². The summed E-state index contributed by atoms with van der Waals surface area (Å²) in [7, 11) is 0. The fourth-order valence-corrected chi connectivity index (χ4v) is 5.95. The Hall–Kier alpha value is -2.97. The van der Waals surface area contributed by atoms with Crippen molar-refractivity contribution >= 4 is 39.0 Å². The molecular formula is C24H23N3O3S2. The van der Waals surface area contributed by atoms with Gasteiger partial charge in [0.05, 0.1) is 16.0 Å². The van der Waals surface area contributed by atoms with E-state index in [-0.39, 0.29) is 11.2 Å². The van der Waals surface area contributed by atoms with E-state index < -0.39 is 4.92 Å². The molecule has 32 heavy (non-hydrogen) atoms. The molecule has 2 aromatic heterocycles. The van der Waals surface area contributed by atoms with Crippen LogP contribution in [0.15, 0.2) is 58.5 Å². The van der Waals surface area contributed by atoms with E-state index in [0.717, 1.165) is 40.0 Å². The normalized spacial score (nSPS) is 11.2. The minimum atomic E-state index is -0.398. The molecule has 4 aromatic rings. The number of aromatic nitrogens is 2. The summed E-state index contributed by atoms with van der Waals surface area (Å²) in [5.41, 5.74) is 3.63. The van der Waals surface area contributed by atoms with Crippen molar-refractivity contribution in [2.45, 2.75) is 44.5 Å². The Morgan fingerprint density at radius 2 is 1.94 bits per heavy atom. The lowest BCUT2D eigenvalue weighted by molar-refractivity contribution is -0.384. The molecule has 164 valence electrons. The number of nitrogens with zero attached hydrogens (tertiary/aromatic N) is 3. The monoisotopic (exact) mass is 465 g/mol. The molecule has 4 rings (SSSR count). The van der Waals surface area contributed by atoms with Gasteiger partial charge in [0.15, 0.2) is 5.16 Å². The van der Waals surface area contributed by atoms with E-state index in [1.165, 1.54) is 22.7 Å². The zero-order valence-corrected chi connectivity index (χ0v) is 19.8. The van der Waals surface area contributed by atoms with Gasteiger partial charge in [0.1, 0.15) is 4.83 Å². The summed E-state index contributed by atoms with van der Waals surface area (Å²) in [6.07, 6.45) is 1.93. The van der Waals surface area contributed by atoms with Crippen LogP contribution >= 0.6 is 23.1 Å². The van der Waals surface area contributed by atoms with Gasteiger partial charge in [-0.15, -0.1) is 11.3 Å². The molecule has 0 spiro atoms. The number of aryl methyl sites for hydroxylation is 3. The van der Waals surface area contributed by atoms with E-state index in [1.807, 2.05) is 44.2 Å². The first-order valence-corrected chi connectivity index (χ1v) is 12.2. The van der Waals surface area contributed by atoms with Crippen molar-refractivity contribution < 1.29 is 4.92 Å². The smallest absolute Gasteiger partial charge is 0.268 e. The summed E-state index contributed by atoms with van der Waals surface area (Å²) in [6, 6.07) is 14.4. The Morgan fingerprint density at radius 1 is 1.16 bits per heavy atom. The number of thioether (sulfide) groups is 1. The number of nitro benzene ring substituents is 1. The van der Waals surface area contributed by atoms with E-state index in [2.05, 4.69) is 6.92 Å². The van der Waals surface area contributed by atoms with E-state index in [9.17, 15) is 14.9 Å². The second kappa shape index (κ2) is 9.26. The van der Waals surface area contributed by atoms with E-state index >= 15 is 0 Å². The van der Waals surface area contributed by atoms with Crippen molar-refractivity contribution in [1.29, 1.82) is 0 Å². The number of nitro groups is 1. The Labute approximate surface area is 194 Å². The Bertz CT molecular complexity index is 1370. The highest BCUT2D eigenvalue weighted by molar-refractivity contribution is 7.98. The molecule has 0 radical (unpaired) electrons. The number of hydrogen-bond acceptors (Lipinski definition) is 6. The van der Waals surface area contributed by atoms with Crippen LogP contribution in [0.2, 0.25) is 0 Å². The Kier molecular flexibility index (Phi) is 6.43. The lowest BCUT2D eigenvalue weighted by atomic mass is 10.1. The van der Waals surface area contributed by atoms with Crippen LogP contribution in [0, 0.1) is 24.0 Å². The molecule has 0 N–H and O–H groups in total. The largest absolute Gasteiger partial charge is 0.269 e. The van der Waals surface area contributed by atoms with Gasteiger partial charge >= 0.3 is 0 Å². The number of hydrogen-bond donors (Lipinski definition) is 0. The van der Waals surface area contributed by atoms with Crippen LogP contribution in [0.3, 0.4) is 0 Å². The lowest BCUT2D eigenvalue weighted by Gasteiger charge is -2.13. The predicted octanol–water partition coefficient (Wildman–Crippen LogP) is 6.22. The molecule has 0 atom stereocenters. The molecule has 2 aromatic carbocycles. The first-order chi connectivity index (χ1) is 15.4. The van der Waals surface area contributed by atoms with Crippen LogP contribution in [0.5, 0.6) is 0 Å². The maximum atomic E-state index is 13.7. The van der Waals surface area contributed by atoms with Crippen molar-refractivity contribution in [3.63, 3.8) is 0 Å². The third-order valence-electron chi connectivity index (χ3n) is 5.26. The van der Waals surface area contributed by atoms with Crippen molar-refractivity contribution in [1.82, 2.24) is 9.55 Å². The minimum Gasteiger partial charge on any atom is -0.268 e. The summed E-state index contributed by atoms with van der Waals surface area (Å²) in [4.78, 5) is 31.2. The van der Waals surface area contributed by atoms with E-state index in [4.69, 9.17) is 4.98 Å². The molecule has 0 aliphatic carbocycles. The summed E-state index contributed by atoms with van der Waals surface area (Å²) < 4.78 is 1.67. The third kappa shape index (κ3) is 4.33. The summed E-state index contributed by atoms with van der Waals surface area (Å²) in [5, 5.41) is 12.4. The van der Waals surface area contributed by atoms with Gasteiger partial charge in [0.25, 0.3) is 11.2 Å². The minimum absolute atomic E-state index is 0.0562. The molecule has 0 fully saturated rings. The van der Waals surface area contributed by atoms with Crippen LogP contribution in [0.1, 0.15) is 34.9 Å². The topological polar surface area (TPSA) is 78.0 Å². The van der Waals surface area contributed by atoms with Gasteiger partial charge in [0.2, 0.25) is 0 Å². The second-order valence-corrected chi connectivity index (χ2v) is 9.70. The second-order valence-electron chi connectivity index (χ2n) is 7.67. The number of thiophene rings is 1. The van der Waals surface area contributed by atoms with Crippen LogP contribution in [0.4, 0.5) is 5.69 Å². The molecule has 0 aliphatic rings. The van der Waals surface area contributed by atoms with Gasteiger partial charge in [-0.1, -0.05) is 49.4 Å². The number of non-ortho nitro benzene ring substituents is 1. The standard InChI is InChI=1S/C24H23N3O3S2/c1-4-7-20-16(3)21-22(32-20)25-24(26(23(21)28)18-10-5-8-15(2)12-18)31-14-17-9-6-11-19(13-17)27(29)30/h5-6,8-13H,4,7,14H2,1-3H3. The average Bonchev–Trinajstić information content (AvgIpc) is 3.08. The van der Waals surface area contributed by atoms with Gasteiger partial charge < -0.3 is 0 Å². The number of fused-ring (bicyclic) bond motifs is 1. The predicted molar refractivity (Wildman–Crippen MR) is 131 cm³/mol. The van der Waals surface area contributed by atoms with Crippen molar-refractivity contribution in [2.75, 3.05) is 0 Å². The van der Waals surface area contributed by atoms with Crippen LogP contribution in [-0.2, 0) is 12.2 Å². The van der Waals surface area contributed by atoms with Gasteiger partial charge in [0, 0.05) is 22.8 Å². The highest BCUT2D eigenvalue weighted by atomic mass is 32.2. The summed E-state index contributed by atoms with van der Waals surface area (Å²) >= 11 is 3.00. The lowest BCUT2D eigenvalue weighted by Crippen LogP contribution is -2.21. The quantitative estimate of drug-likeness (QED) is 0.140. The highest BCUT2D eigenvalue weighted by Gasteiger charge is 2.19. The van der Waals surface area contributed by atoms with Crippen LogP contribution in [0.25, 0.3) is 15.9 Å². The first kappa shape index (κ1) is 22.2. The molecule has 0 amide bonds. The van der Waals surface area contributed by atoms with Gasteiger partial charge in [-0.05, 0) is 49.1 Å². The number of rotatable bonds is 7.